The lowest BCUT2D eigenvalue weighted by molar-refractivity contribution is -0.462. The van der Waals surface area contributed by atoms with E-state index >= 15 is 0 Å². The quantitative estimate of drug-likeness (QED) is 0.157. The van der Waals surface area contributed by atoms with Crippen LogP contribution in [0.2, 0.25) is 0 Å². The molecule has 4 aromatic carbocycles. The first kappa shape index (κ1) is 32.9. The van der Waals surface area contributed by atoms with Gasteiger partial charge in [0.1, 0.15) is 14.1 Å². The van der Waals surface area contributed by atoms with E-state index in [0.717, 1.165) is 11.4 Å². The molecule has 1 aliphatic heterocycles. The summed E-state index contributed by atoms with van der Waals surface area (Å²) < 4.78 is 2.13. The van der Waals surface area contributed by atoms with Crippen LogP contribution in [0.4, 0.5) is 17.1 Å². The average molecular weight is 637 g/mol. The van der Waals surface area contributed by atoms with E-state index in [4.69, 9.17) is 0 Å². The number of nitrogens with zero attached hydrogens (tertiary/aromatic N) is 4. The van der Waals surface area contributed by atoms with Crippen molar-refractivity contribution in [2.24, 2.45) is 10.2 Å². The van der Waals surface area contributed by atoms with Gasteiger partial charge in [0.2, 0.25) is 0 Å². The Labute approximate surface area is 280 Å². The van der Waals surface area contributed by atoms with Crippen molar-refractivity contribution in [3.8, 4) is 0 Å². The summed E-state index contributed by atoms with van der Waals surface area (Å²) in [6.07, 6.45) is 13.4. The number of carbonyl (C=O) groups is 1. The molecule has 7 heteroatoms. The fraction of sp³-hybridized carbons (Fsp3) is 0.100. The van der Waals surface area contributed by atoms with Gasteiger partial charge in [-0.1, -0.05) is 84.6 Å². The predicted molar refractivity (Wildman–Crippen MR) is 195 cm³/mol. The molecule has 0 N–H and O–H groups in total. The molecular weight excluding hydrogens is 601 g/mol. The molecule has 0 unspecified atom stereocenters. The number of azo groups is 1. The lowest BCUT2D eigenvalue weighted by Gasteiger charge is -2.18. The Morgan fingerprint density at radius 3 is 1.53 bits per heavy atom. The first-order valence-electron chi connectivity index (χ1n) is 15.1. The number of carbonyl (C=O) groups excluding carboxylic acids is 1. The molecule has 1 aliphatic carbocycles. The lowest BCUT2D eigenvalue weighted by atomic mass is 9.99. The van der Waals surface area contributed by atoms with Crippen LogP contribution < -0.4 is 10.0 Å². The summed E-state index contributed by atoms with van der Waals surface area (Å²) in [5.74, 6) is -1.20. The van der Waals surface area contributed by atoms with E-state index < -0.39 is 5.97 Å². The Morgan fingerprint density at radius 2 is 1.11 bits per heavy atom. The van der Waals surface area contributed by atoms with E-state index in [9.17, 15) is 9.90 Å². The molecule has 2 aliphatic rings. The second-order valence-corrected chi connectivity index (χ2v) is 12.3. The van der Waals surface area contributed by atoms with Crippen LogP contribution in [-0.4, -0.2) is 44.4 Å². The van der Waals surface area contributed by atoms with Gasteiger partial charge in [0.25, 0.3) is 0 Å². The predicted octanol–water partition coefficient (Wildman–Crippen LogP) is 8.48. The van der Waals surface area contributed by atoms with E-state index in [0.29, 0.717) is 5.69 Å². The minimum absolute atomic E-state index is 0.124. The topological polar surface area (TPSA) is 71.1 Å². The summed E-state index contributed by atoms with van der Waals surface area (Å²) in [6, 6.07) is 35.0. The summed E-state index contributed by atoms with van der Waals surface area (Å²) >= 11 is 1.84. The molecule has 4 aromatic rings. The number of allylic oxidation sites excluding steroid dienone is 8. The molecule has 0 radical (unpaired) electrons. The second-order valence-electron chi connectivity index (χ2n) is 11.2. The molecule has 0 saturated heterocycles. The molecule has 0 spiro atoms. The third-order valence-corrected chi connectivity index (χ3v) is 8.52. The Hall–Kier alpha value is -5.53. The Bertz CT molecular complexity index is 1850. The molecule has 0 atom stereocenters. The van der Waals surface area contributed by atoms with E-state index in [-0.39, 0.29) is 5.56 Å². The number of hydrogen-bond acceptors (Lipinski definition) is 6. The molecule has 47 heavy (non-hydrogen) atoms. The molecule has 1 heterocycles. The first-order valence-corrected chi connectivity index (χ1v) is 16.0. The van der Waals surface area contributed by atoms with Gasteiger partial charge < -0.3 is 14.8 Å². The van der Waals surface area contributed by atoms with Gasteiger partial charge in [-0.05, 0) is 88.5 Å². The number of thioether (sulfide) groups is 1. The van der Waals surface area contributed by atoms with Crippen molar-refractivity contribution in [1.29, 1.82) is 0 Å². The third kappa shape index (κ3) is 9.02. The third-order valence-electron chi connectivity index (χ3n) is 7.38. The molecule has 0 saturated carbocycles. The van der Waals surface area contributed by atoms with Gasteiger partial charge in [0.15, 0.2) is 5.71 Å². The highest BCUT2D eigenvalue weighted by Crippen LogP contribution is 2.44. The van der Waals surface area contributed by atoms with Crippen molar-refractivity contribution in [3.63, 3.8) is 0 Å². The van der Waals surface area contributed by atoms with Crippen molar-refractivity contribution < 1.29 is 14.5 Å². The molecule has 0 amide bonds. The second kappa shape index (κ2) is 15.7. The monoisotopic (exact) mass is 636 g/mol. The van der Waals surface area contributed by atoms with Crippen molar-refractivity contribution in [2.75, 3.05) is 33.1 Å². The average Bonchev–Trinajstić information content (AvgIpc) is 3.12. The SMILES string of the molecule is CN(C)c1ccc(N=Nc2ccc(C(=O)[O-])cc2)cc1.C[N+](C)=C1C=CC(=C2C=C(c3ccccc3)SC(c3ccccc3)=C2)C=C1. The number of aromatic carboxylic acids is 1. The van der Waals surface area contributed by atoms with Gasteiger partial charge in [0, 0.05) is 41.7 Å². The van der Waals surface area contributed by atoms with Crippen LogP contribution >= 0.6 is 11.8 Å². The maximum absolute atomic E-state index is 10.6. The number of hydrogen-bond donors (Lipinski definition) is 0. The number of carboxylic acid groups (broad SMARTS) is 1. The van der Waals surface area contributed by atoms with Gasteiger partial charge in [0.05, 0.1) is 17.3 Å². The Morgan fingerprint density at radius 1 is 0.638 bits per heavy atom. The number of benzene rings is 4. The van der Waals surface area contributed by atoms with Crippen LogP contribution in [-0.2, 0) is 0 Å². The van der Waals surface area contributed by atoms with Gasteiger partial charge in [-0.25, -0.2) is 4.58 Å². The highest BCUT2D eigenvalue weighted by Gasteiger charge is 2.16. The van der Waals surface area contributed by atoms with Crippen molar-refractivity contribution in [1.82, 2.24) is 0 Å². The molecule has 234 valence electrons. The maximum atomic E-state index is 10.6. The molecule has 6 rings (SSSR count). The minimum atomic E-state index is -1.20. The summed E-state index contributed by atoms with van der Waals surface area (Å²) in [5, 5.41) is 18.8. The van der Waals surface area contributed by atoms with Crippen molar-refractivity contribution in [3.05, 3.63) is 173 Å². The van der Waals surface area contributed by atoms with Crippen molar-refractivity contribution >= 4 is 50.3 Å². The van der Waals surface area contributed by atoms with Gasteiger partial charge in [-0.2, -0.15) is 10.2 Å². The summed E-state index contributed by atoms with van der Waals surface area (Å²) in [4.78, 5) is 15.2. The smallest absolute Gasteiger partial charge is 0.199 e. The fourth-order valence-electron chi connectivity index (χ4n) is 4.71. The standard InChI is InChI=1S/C25H22NS.C15H15N3O2/c1-26(2)23-15-13-19(14-16-23)22-17-24(20-9-5-3-6-10-20)27-25(18-22)21-11-7-4-8-12-21;1-18(2)14-9-7-13(8-10-14)17-16-12-5-3-11(4-6-12)15(19)20/h3-18H,1-2H3;3-10H,1-2H3,(H,19,20)/q+1;/p-1. The van der Waals surface area contributed by atoms with Gasteiger partial charge in [-0.15, -0.1) is 0 Å². The molecule has 6 nitrogen and oxygen atoms in total. The molecule has 0 bridgehead atoms. The zero-order valence-electron chi connectivity index (χ0n) is 26.9. The van der Waals surface area contributed by atoms with Crippen molar-refractivity contribution in [2.45, 2.75) is 0 Å². The van der Waals surface area contributed by atoms with Crippen LogP contribution in [0.3, 0.4) is 0 Å². The Kier molecular flexibility index (Phi) is 10.9. The number of rotatable bonds is 6. The van der Waals surface area contributed by atoms with Crippen LogP contribution in [0.25, 0.3) is 9.81 Å². The highest BCUT2D eigenvalue weighted by molar-refractivity contribution is 8.16. The highest BCUT2D eigenvalue weighted by atomic mass is 32.2. The normalized spacial score (nSPS) is 13.9. The fourth-order valence-corrected chi connectivity index (χ4v) is 5.82. The summed E-state index contributed by atoms with van der Waals surface area (Å²) in [7, 11) is 8.07. The molecular formula is C40H36N4O2S. The van der Waals surface area contributed by atoms with E-state index in [1.54, 1.807) is 12.1 Å². The molecule has 0 aromatic heterocycles. The van der Waals surface area contributed by atoms with Crippen LogP contribution in [0, 0.1) is 0 Å². The van der Waals surface area contributed by atoms with E-state index in [2.05, 4.69) is 126 Å². The lowest BCUT2D eigenvalue weighted by Crippen LogP contribution is -2.21. The van der Waals surface area contributed by atoms with Crippen LogP contribution in [0.5, 0.6) is 0 Å². The summed E-state index contributed by atoms with van der Waals surface area (Å²) in [5.41, 5.74) is 8.74. The van der Waals surface area contributed by atoms with E-state index in [1.807, 2.05) is 55.0 Å². The van der Waals surface area contributed by atoms with Gasteiger partial charge >= 0.3 is 0 Å². The van der Waals surface area contributed by atoms with Crippen LogP contribution in [0.15, 0.2) is 167 Å². The minimum Gasteiger partial charge on any atom is -0.545 e. The molecule has 0 fully saturated rings. The van der Waals surface area contributed by atoms with Gasteiger partial charge in [-0.3, -0.25) is 0 Å². The number of carboxylic acids is 1. The van der Waals surface area contributed by atoms with Crippen LogP contribution in [0.1, 0.15) is 21.5 Å². The zero-order valence-corrected chi connectivity index (χ0v) is 27.7. The zero-order chi connectivity index (χ0) is 33.2. The maximum Gasteiger partial charge on any atom is 0.199 e. The largest absolute Gasteiger partial charge is 0.545 e. The first-order chi connectivity index (χ1) is 22.8. The number of anilines is 1. The summed E-state index contributed by atoms with van der Waals surface area (Å²) in [6.45, 7) is 0. The Balaban J connectivity index is 0.000000194. The van der Waals surface area contributed by atoms with E-state index in [1.165, 1.54) is 49.9 Å².